The second kappa shape index (κ2) is 8.84. The lowest BCUT2D eigenvalue weighted by Gasteiger charge is -2.35. The smallest absolute Gasteiger partial charge is 0.353 e. The van der Waals surface area contributed by atoms with Crippen LogP contribution in [0.4, 0.5) is 19.0 Å². The highest BCUT2D eigenvalue weighted by Gasteiger charge is 2.30. The van der Waals surface area contributed by atoms with E-state index in [-0.39, 0.29) is 12.3 Å². The van der Waals surface area contributed by atoms with Gasteiger partial charge >= 0.3 is 6.18 Å². The van der Waals surface area contributed by atoms with Gasteiger partial charge in [-0.15, -0.1) is 0 Å². The van der Waals surface area contributed by atoms with Crippen LogP contribution in [-0.4, -0.2) is 56.5 Å². The Hall–Kier alpha value is -3.43. The number of hydrogen-bond donors (Lipinski definition) is 0. The molecular weight excluding hydrogens is 433 g/mol. The Bertz CT molecular complexity index is 1150. The standard InChI is InChI=1S/C23H25F3N6O/c1-15-16(2)32(14-27-15)21-13-20(28-17(3)29-21)30-8-10-31(11-9-30)22(33)12-18-4-6-19(7-5-18)23(24,25)26/h4-7,13-14H,8-12H2,1-3H3. The van der Waals surface area contributed by atoms with Crippen molar-refractivity contribution in [3.05, 3.63) is 65.0 Å². The molecule has 1 aliphatic rings. The number of anilines is 1. The Balaban J connectivity index is 1.40. The van der Waals surface area contributed by atoms with E-state index in [0.717, 1.165) is 35.2 Å². The molecule has 3 heterocycles. The fourth-order valence-corrected chi connectivity index (χ4v) is 3.83. The number of aryl methyl sites for hydroxylation is 2. The van der Waals surface area contributed by atoms with Gasteiger partial charge in [-0.25, -0.2) is 15.0 Å². The normalized spacial score (nSPS) is 14.6. The second-order valence-corrected chi connectivity index (χ2v) is 8.16. The molecule has 0 saturated carbocycles. The molecule has 0 spiro atoms. The first-order chi connectivity index (χ1) is 15.6. The fourth-order valence-electron chi connectivity index (χ4n) is 3.83. The van der Waals surface area contributed by atoms with E-state index in [1.165, 1.54) is 12.1 Å². The van der Waals surface area contributed by atoms with Crippen LogP contribution in [0.3, 0.4) is 0 Å². The number of amides is 1. The van der Waals surface area contributed by atoms with Crippen molar-refractivity contribution in [2.45, 2.75) is 33.4 Å². The third-order valence-corrected chi connectivity index (χ3v) is 5.90. The molecule has 0 unspecified atom stereocenters. The minimum Gasteiger partial charge on any atom is -0.353 e. The summed E-state index contributed by atoms with van der Waals surface area (Å²) in [6.07, 6.45) is -2.56. The summed E-state index contributed by atoms with van der Waals surface area (Å²) in [7, 11) is 0. The van der Waals surface area contributed by atoms with Crippen LogP contribution in [-0.2, 0) is 17.4 Å². The number of imidazole rings is 1. The number of piperazine rings is 1. The zero-order valence-corrected chi connectivity index (χ0v) is 18.7. The summed E-state index contributed by atoms with van der Waals surface area (Å²) in [6, 6.07) is 6.67. The Morgan fingerprint density at radius 2 is 1.61 bits per heavy atom. The van der Waals surface area contributed by atoms with Gasteiger partial charge in [0.15, 0.2) is 0 Å². The first-order valence-corrected chi connectivity index (χ1v) is 10.7. The number of rotatable bonds is 4. The summed E-state index contributed by atoms with van der Waals surface area (Å²) < 4.78 is 40.1. The molecule has 0 aliphatic carbocycles. The Labute approximate surface area is 189 Å². The monoisotopic (exact) mass is 458 g/mol. The zero-order chi connectivity index (χ0) is 23.8. The maximum absolute atomic E-state index is 12.7. The van der Waals surface area contributed by atoms with Crippen molar-refractivity contribution in [2.24, 2.45) is 0 Å². The largest absolute Gasteiger partial charge is 0.416 e. The molecule has 1 amide bonds. The lowest BCUT2D eigenvalue weighted by atomic mass is 10.1. The van der Waals surface area contributed by atoms with Gasteiger partial charge in [0.2, 0.25) is 5.91 Å². The molecule has 10 heteroatoms. The molecule has 4 rings (SSSR count). The van der Waals surface area contributed by atoms with Crippen molar-refractivity contribution in [3.63, 3.8) is 0 Å². The molecule has 0 bridgehead atoms. The SMILES string of the molecule is Cc1nc(N2CCN(C(=O)Cc3ccc(C(F)(F)F)cc3)CC2)cc(-n2cnc(C)c2C)n1. The second-order valence-electron chi connectivity index (χ2n) is 8.16. The maximum atomic E-state index is 12.7. The number of nitrogens with zero attached hydrogens (tertiary/aromatic N) is 6. The molecule has 3 aromatic rings. The maximum Gasteiger partial charge on any atom is 0.416 e. The van der Waals surface area contributed by atoms with Gasteiger partial charge in [0.25, 0.3) is 0 Å². The number of benzene rings is 1. The minimum atomic E-state index is -4.38. The van der Waals surface area contributed by atoms with Gasteiger partial charge in [0.05, 0.1) is 17.7 Å². The summed E-state index contributed by atoms with van der Waals surface area (Å²) in [4.78, 5) is 30.0. The Morgan fingerprint density at radius 3 is 2.18 bits per heavy atom. The number of carbonyl (C=O) groups excluding carboxylic acids is 1. The first kappa shape index (κ1) is 22.8. The fraction of sp³-hybridized carbons (Fsp3) is 0.391. The van der Waals surface area contributed by atoms with Crippen molar-refractivity contribution in [3.8, 4) is 5.82 Å². The minimum absolute atomic E-state index is 0.0775. The van der Waals surface area contributed by atoms with Gasteiger partial charge in [-0.2, -0.15) is 13.2 Å². The van der Waals surface area contributed by atoms with Crippen LogP contribution < -0.4 is 4.90 Å². The summed E-state index contributed by atoms with van der Waals surface area (Å²) in [5, 5.41) is 0. The van der Waals surface area contributed by atoms with Crippen LogP contribution in [0.15, 0.2) is 36.7 Å². The molecule has 1 fully saturated rings. The van der Waals surface area contributed by atoms with Crippen LogP contribution in [0.5, 0.6) is 0 Å². The molecule has 33 heavy (non-hydrogen) atoms. The quantitative estimate of drug-likeness (QED) is 0.599. The molecule has 0 atom stereocenters. The summed E-state index contributed by atoms with van der Waals surface area (Å²) in [5.74, 6) is 2.09. The van der Waals surface area contributed by atoms with Crippen LogP contribution >= 0.6 is 0 Å². The van der Waals surface area contributed by atoms with Gasteiger partial charge < -0.3 is 9.80 Å². The number of halogens is 3. The van der Waals surface area contributed by atoms with E-state index < -0.39 is 11.7 Å². The van der Waals surface area contributed by atoms with E-state index in [1.807, 2.05) is 31.4 Å². The van der Waals surface area contributed by atoms with Crippen molar-refractivity contribution in [1.29, 1.82) is 0 Å². The van der Waals surface area contributed by atoms with Gasteiger partial charge in [0.1, 0.15) is 23.8 Å². The molecule has 7 nitrogen and oxygen atoms in total. The highest BCUT2D eigenvalue weighted by atomic mass is 19.4. The molecule has 0 radical (unpaired) electrons. The molecule has 174 valence electrons. The van der Waals surface area contributed by atoms with Crippen molar-refractivity contribution in [2.75, 3.05) is 31.1 Å². The van der Waals surface area contributed by atoms with Gasteiger partial charge in [-0.05, 0) is 38.5 Å². The predicted molar refractivity (Wildman–Crippen MR) is 117 cm³/mol. The summed E-state index contributed by atoms with van der Waals surface area (Å²) >= 11 is 0. The van der Waals surface area contributed by atoms with Gasteiger partial charge in [0, 0.05) is 37.9 Å². The zero-order valence-electron chi connectivity index (χ0n) is 18.7. The average Bonchev–Trinajstić information content (AvgIpc) is 3.11. The number of alkyl halides is 3. The molecule has 1 saturated heterocycles. The predicted octanol–water partition coefficient (Wildman–Crippen LogP) is 3.50. The average molecular weight is 458 g/mol. The topological polar surface area (TPSA) is 67.2 Å². The van der Waals surface area contributed by atoms with E-state index >= 15 is 0 Å². The summed E-state index contributed by atoms with van der Waals surface area (Å²) in [5.41, 5.74) is 1.80. The third kappa shape index (κ3) is 4.99. The summed E-state index contributed by atoms with van der Waals surface area (Å²) in [6.45, 7) is 8.02. The Kier molecular flexibility index (Phi) is 6.09. The van der Waals surface area contributed by atoms with Crippen LogP contribution in [0.1, 0.15) is 28.3 Å². The molecule has 2 aromatic heterocycles. The highest BCUT2D eigenvalue weighted by Crippen LogP contribution is 2.29. The van der Waals surface area contributed by atoms with Crippen molar-refractivity contribution >= 4 is 11.7 Å². The lowest BCUT2D eigenvalue weighted by Crippen LogP contribution is -2.49. The van der Waals surface area contributed by atoms with Crippen LogP contribution in [0.2, 0.25) is 0 Å². The van der Waals surface area contributed by atoms with E-state index in [4.69, 9.17) is 0 Å². The highest BCUT2D eigenvalue weighted by molar-refractivity contribution is 5.79. The van der Waals surface area contributed by atoms with E-state index in [1.54, 1.807) is 11.2 Å². The lowest BCUT2D eigenvalue weighted by molar-refractivity contribution is -0.137. The molecule has 0 N–H and O–H groups in total. The Morgan fingerprint density at radius 1 is 0.970 bits per heavy atom. The van der Waals surface area contributed by atoms with Crippen LogP contribution in [0.25, 0.3) is 5.82 Å². The van der Waals surface area contributed by atoms with E-state index in [0.29, 0.717) is 37.6 Å². The van der Waals surface area contributed by atoms with E-state index in [9.17, 15) is 18.0 Å². The first-order valence-electron chi connectivity index (χ1n) is 10.7. The van der Waals surface area contributed by atoms with Crippen molar-refractivity contribution in [1.82, 2.24) is 24.4 Å². The number of aromatic nitrogens is 4. The number of carbonyl (C=O) groups is 1. The third-order valence-electron chi connectivity index (χ3n) is 5.90. The molecule has 1 aromatic carbocycles. The van der Waals surface area contributed by atoms with Gasteiger partial charge in [-0.1, -0.05) is 12.1 Å². The molecular formula is C23H25F3N6O. The van der Waals surface area contributed by atoms with Gasteiger partial charge in [-0.3, -0.25) is 9.36 Å². The van der Waals surface area contributed by atoms with Crippen LogP contribution in [0, 0.1) is 20.8 Å². The van der Waals surface area contributed by atoms with E-state index in [2.05, 4.69) is 19.9 Å². The number of hydrogen-bond acceptors (Lipinski definition) is 5. The molecule has 1 aliphatic heterocycles. The van der Waals surface area contributed by atoms with Crippen molar-refractivity contribution < 1.29 is 18.0 Å².